The molecule has 0 saturated carbocycles. The van der Waals surface area contributed by atoms with Crippen molar-refractivity contribution >= 4 is 17.3 Å². The summed E-state index contributed by atoms with van der Waals surface area (Å²) < 4.78 is 5.12. The van der Waals surface area contributed by atoms with Crippen LogP contribution in [0.25, 0.3) is 10.7 Å². The van der Waals surface area contributed by atoms with Gasteiger partial charge in [-0.15, -0.1) is 11.3 Å². The van der Waals surface area contributed by atoms with Crippen LogP contribution in [0.1, 0.15) is 12.3 Å². The predicted molar refractivity (Wildman–Crippen MR) is 66.4 cm³/mol. The number of thiophene rings is 1. The Balaban J connectivity index is 1.76. The Morgan fingerprint density at radius 2 is 2.44 bits per heavy atom. The highest BCUT2D eigenvalue weighted by atomic mass is 32.1. The second-order valence-corrected chi connectivity index (χ2v) is 4.61. The molecule has 0 radical (unpaired) electrons. The van der Waals surface area contributed by atoms with E-state index in [4.69, 9.17) is 9.63 Å². The minimum Gasteiger partial charge on any atom is -0.480 e. The molecule has 96 valence electrons. The number of carboxylic acids is 1. The Bertz CT molecular complexity index is 495. The van der Waals surface area contributed by atoms with Gasteiger partial charge < -0.3 is 14.9 Å². The number of nitrogens with one attached hydrogen (secondary N) is 1. The van der Waals surface area contributed by atoms with Gasteiger partial charge in [-0.2, -0.15) is 4.98 Å². The third-order valence-electron chi connectivity index (χ3n) is 2.23. The number of carboxylic acid groups (broad SMARTS) is 1. The molecule has 0 unspecified atom stereocenters. The van der Waals surface area contributed by atoms with Gasteiger partial charge in [0.05, 0.1) is 11.4 Å². The van der Waals surface area contributed by atoms with Crippen molar-refractivity contribution < 1.29 is 14.4 Å². The average molecular weight is 267 g/mol. The molecule has 0 aliphatic carbocycles. The van der Waals surface area contributed by atoms with Crippen molar-refractivity contribution in [2.75, 3.05) is 13.1 Å². The van der Waals surface area contributed by atoms with Gasteiger partial charge >= 0.3 is 5.97 Å². The van der Waals surface area contributed by atoms with Crippen molar-refractivity contribution in [1.82, 2.24) is 15.5 Å². The Hall–Kier alpha value is -1.73. The molecule has 18 heavy (non-hydrogen) atoms. The molecule has 0 saturated heterocycles. The summed E-state index contributed by atoms with van der Waals surface area (Å²) in [5.74, 6) is 0.335. The fraction of sp³-hybridized carbons (Fsp3) is 0.364. The van der Waals surface area contributed by atoms with E-state index in [-0.39, 0.29) is 6.54 Å². The van der Waals surface area contributed by atoms with Crippen LogP contribution in [0.4, 0.5) is 0 Å². The molecule has 0 aromatic carbocycles. The molecule has 0 aliphatic heterocycles. The van der Waals surface area contributed by atoms with Gasteiger partial charge in [-0.3, -0.25) is 4.79 Å². The zero-order valence-electron chi connectivity index (χ0n) is 9.63. The second kappa shape index (κ2) is 6.27. The maximum atomic E-state index is 10.3. The first-order chi connectivity index (χ1) is 8.75. The third kappa shape index (κ3) is 3.64. The molecular weight excluding hydrogens is 254 g/mol. The second-order valence-electron chi connectivity index (χ2n) is 3.66. The topological polar surface area (TPSA) is 88.2 Å². The Kier molecular flexibility index (Phi) is 4.43. The third-order valence-corrected chi connectivity index (χ3v) is 3.10. The molecule has 2 aromatic heterocycles. The van der Waals surface area contributed by atoms with E-state index in [1.165, 1.54) is 0 Å². The number of aryl methyl sites for hydroxylation is 1. The molecule has 0 amide bonds. The van der Waals surface area contributed by atoms with E-state index in [0.717, 1.165) is 11.3 Å². The molecule has 0 fully saturated rings. The number of hydrogen-bond acceptors (Lipinski definition) is 6. The number of aliphatic carboxylic acids is 1. The van der Waals surface area contributed by atoms with E-state index in [1.54, 1.807) is 11.3 Å². The lowest BCUT2D eigenvalue weighted by molar-refractivity contribution is -0.135. The summed E-state index contributed by atoms with van der Waals surface area (Å²) in [4.78, 5) is 15.5. The zero-order chi connectivity index (χ0) is 12.8. The molecule has 0 bridgehead atoms. The van der Waals surface area contributed by atoms with E-state index in [0.29, 0.717) is 24.7 Å². The highest BCUT2D eigenvalue weighted by Crippen LogP contribution is 2.21. The van der Waals surface area contributed by atoms with Crippen molar-refractivity contribution in [2.45, 2.75) is 12.8 Å². The van der Waals surface area contributed by atoms with Crippen molar-refractivity contribution in [3.8, 4) is 10.7 Å². The summed E-state index contributed by atoms with van der Waals surface area (Å²) in [6.07, 6.45) is 1.41. The fourth-order valence-electron chi connectivity index (χ4n) is 1.42. The Morgan fingerprint density at radius 3 is 3.17 bits per heavy atom. The Labute approximate surface area is 108 Å². The van der Waals surface area contributed by atoms with Crippen molar-refractivity contribution in [3.63, 3.8) is 0 Å². The van der Waals surface area contributed by atoms with Crippen LogP contribution in [-0.2, 0) is 11.2 Å². The van der Waals surface area contributed by atoms with E-state index in [9.17, 15) is 4.79 Å². The zero-order valence-corrected chi connectivity index (χ0v) is 10.4. The molecule has 2 N–H and O–H groups in total. The van der Waals surface area contributed by atoms with Crippen LogP contribution in [0, 0.1) is 0 Å². The van der Waals surface area contributed by atoms with Crippen LogP contribution >= 0.6 is 11.3 Å². The highest BCUT2D eigenvalue weighted by Gasteiger charge is 2.08. The van der Waals surface area contributed by atoms with Crippen LogP contribution in [-0.4, -0.2) is 34.3 Å². The molecule has 0 aliphatic rings. The first kappa shape index (κ1) is 12.7. The number of hydrogen-bond donors (Lipinski definition) is 2. The van der Waals surface area contributed by atoms with Crippen LogP contribution in [0.3, 0.4) is 0 Å². The van der Waals surface area contributed by atoms with Crippen LogP contribution in [0.5, 0.6) is 0 Å². The molecule has 0 atom stereocenters. The standard InChI is InChI=1S/C11H13N3O3S/c15-10(16)7-12-5-1-4-9-13-11(14-17-9)8-3-2-6-18-8/h2-3,6,12H,1,4-5,7H2,(H,15,16). The lowest BCUT2D eigenvalue weighted by atomic mass is 10.3. The van der Waals surface area contributed by atoms with Gasteiger partial charge in [0.1, 0.15) is 0 Å². The maximum absolute atomic E-state index is 10.3. The van der Waals surface area contributed by atoms with E-state index < -0.39 is 5.97 Å². The molecule has 7 heteroatoms. The predicted octanol–water partition coefficient (Wildman–Crippen LogP) is 1.40. The van der Waals surface area contributed by atoms with Crippen molar-refractivity contribution in [3.05, 3.63) is 23.4 Å². The van der Waals surface area contributed by atoms with E-state index in [1.807, 2.05) is 17.5 Å². The van der Waals surface area contributed by atoms with Gasteiger partial charge in [0.25, 0.3) is 0 Å². The summed E-state index contributed by atoms with van der Waals surface area (Å²) in [6.45, 7) is 0.591. The monoisotopic (exact) mass is 267 g/mol. The van der Waals surface area contributed by atoms with Crippen LogP contribution < -0.4 is 5.32 Å². The largest absolute Gasteiger partial charge is 0.480 e. The molecular formula is C11H13N3O3S. The summed E-state index contributed by atoms with van der Waals surface area (Å²) in [5.41, 5.74) is 0. The SMILES string of the molecule is O=C(O)CNCCCc1nc(-c2cccs2)no1. The van der Waals surface area contributed by atoms with Crippen molar-refractivity contribution in [2.24, 2.45) is 0 Å². The molecule has 0 spiro atoms. The smallest absolute Gasteiger partial charge is 0.317 e. The molecule has 6 nitrogen and oxygen atoms in total. The van der Waals surface area contributed by atoms with Crippen LogP contribution in [0.2, 0.25) is 0 Å². The maximum Gasteiger partial charge on any atom is 0.317 e. The van der Waals surface area contributed by atoms with E-state index in [2.05, 4.69) is 15.5 Å². The first-order valence-electron chi connectivity index (χ1n) is 5.54. The van der Waals surface area contributed by atoms with Gasteiger partial charge in [0.2, 0.25) is 11.7 Å². The number of rotatable bonds is 7. The summed E-state index contributed by atoms with van der Waals surface area (Å²) in [5, 5.41) is 17.1. The number of carbonyl (C=O) groups is 1. The lowest BCUT2D eigenvalue weighted by Gasteiger charge is -1.98. The number of aromatic nitrogens is 2. The highest BCUT2D eigenvalue weighted by molar-refractivity contribution is 7.13. The summed E-state index contributed by atoms with van der Waals surface area (Å²) >= 11 is 1.56. The fourth-order valence-corrected chi connectivity index (χ4v) is 2.07. The minimum absolute atomic E-state index is 0.0235. The quantitative estimate of drug-likeness (QED) is 0.737. The molecule has 2 heterocycles. The molecule has 2 rings (SSSR count). The molecule has 2 aromatic rings. The van der Waals surface area contributed by atoms with E-state index >= 15 is 0 Å². The average Bonchev–Trinajstić information content (AvgIpc) is 2.98. The number of nitrogens with zero attached hydrogens (tertiary/aromatic N) is 2. The lowest BCUT2D eigenvalue weighted by Crippen LogP contribution is -2.23. The van der Waals surface area contributed by atoms with Gasteiger partial charge in [0, 0.05) is 6.42 Å². The van der Waals surface area contributed by atoms with Gasteiger partial charge in [0.15, 0.2) is 0 Å². The summed E-state index contributed by atoms with van der Waals surface area (Å²) in [6, 6.07) is 3.87. The minimum atomic E-state index is -0.854. The Morgan fingerprint density at radius 1 is 1.56 bits per heavy atom. The van der Waals surface area contributed by atoms with Gasteiger partial charge in [-0.05, 0) is 24.4 Å². The normalized spacial score (nSPS) is 10.7. The van der Waals surface area contributed by atoms with Crippen LogP contribution in [0.15, 0.2) is 22.0 Å². The van der Waals surface area contributed by atoms with Gasteiger partial charge in [-0.1, -0.05) is 11.2 Å². The van der Waals surface area contributed by atoms with Crippen molar-refractivity contribution in [1.29, 1.82) is 0 Å². The van der Waals surface area contributed by atoms with Gasteiger partial charge in [-0.25, -0.2) is 0 Å². The summed E-state index contributed by atoms with van der Waals surface area (Å²) in [7, 11) is 0. The first-order valence-corrected chi connectivity index (χ1v) is 6.42.